The van der Waals surface area contributed by atoms with E-state index in [4.69, 9.17) is 4.74 Å². The average molecular weight is 358 g/mol. The van der Waals surface area contributed by atoms with Crippen molar-refractivity contribution < 1.29 is 19.1 Å². The van der Waals surface area contributed by atoms with Crippen LogP contribution in [0.4, 0.5) is 5.69 Å². The normalized spacial score (nSPS) is 13.1. The fourth-order valence-corrected chi connectivity index (χ4v) is 2.79. The molecule has 2 amide bonds. The molecule has 1 aliphatic carbocycles. The summed E-state index contributed by atoms with van der Waals surface area (Å²) in [5, 5.41) is 7.41. The minimum absolute atomic E-state index is 0.0118. The molecule has 0 spiro atoms. The van der Waals surface area contributed by atoms with Gasteiger partial charge in [-0.15, -0.1) is 11.3 Å². The van der Waals surface area contributed by atoms with Gasteiger partial charge in [0.05, 0.1) is 12.1 Å². The van der Waals surface area contributed by atoms with Gasteiger partial charge in [-0.2, -0.15) is 0 Å². The summed E-state index contributed by atoms with van der Waals surface area (Å²) < 4.78 is 4.99. The van der Waals surface area contributed by atoms with E-state index in [1.54, 1.807) is 35.6 Å². The van der Waals surface area contributed by atoms with Gasteiger partial charge in [0.15, 0.2) is 6.61 Å². The van der Waals surface area contributed by atoms with E-state index in [1.807, 2.05) is 17.5 Å². The number of carbonyl (C=O) groups excluding carboxylic acids is 3. The maximum atomic E-state index is 11.9. The van der Waals surface area contributed by atoms with Crippen molar-refractivity contribution in [2.45, 2.75) is 19.4 Å². The highest BCUT2D eigenvalue weighted by atomic mass is 32.1. The maximum absolute atomic E-state index is 11.9. The van der Waals surface area contributed by atoms with Crippen LogP contribution in [0.15, 0.2) is 41.8 Å². The van der Waals surface area contributed by atoms with Crippen LogP contribution in [0.3, 0.4) is 0 Å². The Hall–Kier alpha value is -2.67. The molecule has 130 valence electrons. The highest BCUT2D eigenvalue weighted by molar-refractivity contribution is 7.09. The van der Waals surface area contributed by atoms with Crippen LogP contribution in [0, 0.1) is 5.92 Å². The third-order valence-electron chi connectivity index (χ3n) is 3.71. The van der Waals surface area contributed by atoms with Gasteiger partial charge in [0, 0.05) is 16.5 Å². The molecular formula is C18H18N2O4S. The number of rotatable bonds is 7. The summed E-state index contributed by atoms with van der Waals surface area (Å²) in [4.78, 5) is 36.3. The molecule has 1 aliphatic rings. The fraction of sp³-hybridized carbons (Fsp3) is 0.278. The van der Waals surface area contributed by atoms with Crippen molar-refractivity contribution in [3.05, 3.63) is 52.2 Å². The second kappa shape index (κ2) is 7.94. The molecule has 0 atom stereocenters. The number of amides is 2. The van der Waals surface area contributed by atoms with Gasteiger partial charge in [0.2, 0.25) is 5.91 Å². The molecule has 2 N–H and O–H groups in total. The first-order valence-electron chi connectivity index (χ1n) is 7.99. The van der Waals surface area contributed by atoms with E-state index in [0.29, 0.717) is 17.8 Å². The molecule has 1 aromatic carbocycles. The van der Waals surface area contributed by atoms with Gasteiger partial charge in [-0.05, 0) is 48.6 Å². The third kappa shape index (κ3) is 5.15. The SMILES string of the molecule is O=C(COC(=O)c1ccc(NC(=O)C2CC2)cc1)NCc1cccs1. The van der Waals surface area contributed by atoms with Gasteiger partial charge in [-0.1, -0.05) is 6.07 Å². The third-order valence-corrected chi connectivity index (χ3v) is 4.59. The van der Waals surface area contributed by atoms with Crippen molar-refractivity contribution in [2.24, 2.45) is 5.92 Å². The predicted molar refractivity (Wildman–Crippen MR) is 94.2 cm³/mol. The summed E-state index contributed by atoms with van der Waals surface area (Å²) >= 11 is 1.54. The summed E-state index contributed by atoms with van der Waals surface area (Å²) in [5.74, 6) is -0.795. The van der Waals surface area contributed by atoms with Crippen LogP contribution >= 0.6 is 11.3 Å². The standard InChI is InChI=1S/C18H18N2O4S/c21-16(19-10-15-2-1-9-25-15)11-24-18(23)13-5-7-14(8-6-13)20-17(22)12-3-4-12/h1-2,5-9,12H,3-4,10-11H2,(H,19,21)(H,20,22). The number of nitrogens with one attached hydrogen (secondary N) is 2. The quantitative estimate of drug-likeness (QED) is 0.745. The number of esters is 1. The molecule has 0 saturated heterocycles. The van der Waals surface area contributed by atoms with Crippen molar-refractivity contribution >= 4 is 34.8 Å². The summed E-state index contributed by atoms with van der Waals surface area (Å²) in [6.07, 6.45) is 1.87. The Kier molecular flexibility index (Phi) is 5.45. The summed E-state index contributed by atoms with van der Waals surface area (Å²) in [6, 6.07) is 10.2. The molecule has 25 heavy (non-hydrogen) atoms. The Morgan fingerprint density at radius 3 is 2.52 bits per heavy atom. The number of ether oxygens (including phenoxy) is 1. The van der Waals surface area contributed by atoms with E-state index >= 15 is 0 Å². The molecule has 0 unspecified atom stereocenters. The number of carbonyl (C=O) groups is 3. The summed E-state index contributed by atoms with van der Waals surface area (Å²) in [6.45, 7) is 0.0911. The Morgan fingerprint density at radius 1 is 1.12 bits per heavy atom. The Bertz CT molecular complexity index is 752. The summed E-state index contributed by atoms with van der Waals surface area (Å²) in [5.41, 5.74) is 0.970. The highest BCUT2D eigenvalue weighted by Crippen LogP contribution is 2.30. The van der Waals surface area contributed by atoms with Crippen molar-refractivity contribution in [1.29, 1.82) is 0 Å². The van der Waals surface area contributed by atoms with Crippen molar-refractivity contribution in [3.63, 3.8) is 0 Å². The molecule has 6 nitrogen and oxygen atoms in total. The minimum Gasteiger partial charge on any atom is -0.452 e. The van der Waals surface area contributed by atoms with Crippen LogP contribution in [-0.2, 0) is 20.9 Å². The number of thiophene rings is 1. The van der Waals surface area contributed by atoms with E-state index in [9.17, 15) is 14.4 Å². The molecular weight excluding hydrogens is 340 g/mol. The van der Waals surface area contributed by atoms with E-state index in [0.717, 1.165) is 17.7 Å². The number of benzene rings is 1. The number of hydrogen-bond donors (Lipinski definition) is 2. The lowest BCUT2D eigenvalue weighted by molar-refractivity contribution is -0.124. The number of hydrogen-bond acceptors (Lipinski definition) is 5. The Labute approximate surface area is 149 Å². The topological polar surface area (TPSA) is 84.5 Å². The largest absolute Gasteiger partial charge is 0.452 e. The molecule has 1 fully saturated rings. The Balaban J connectivity index is 1.42. The van der Waals surface area contributed by atoms with Crippen LogP contribution in [0.25, 0.3) is 0 Å². The minimum atomic E-state index is -0.577. The molecule has 0 bridgehead atoms. The summed E-state index contributed by atoms with van der Waals surface area (Å²) in [7, 11) is 0. The lowest BCUT2D eigenvalue weighted by Crippen LogP contribution is -2.28. The molecule has 3 rings (SSSR count). The molecule has 0 radical (unpaired) electrons. The van der Waals surface area contributed by atoms with E-state index in [-0.39, 0.29) is 24.3 Å². The van der Waals surface area contributed by atoms with Crippen molar-refractivity contribution in [2.75, 3.05) is 11.9 Å². The molecule has 7 heteroatoms. The van der Waals surface area contributed by atoms with Gasteiger partial charge in [-0.25, -0.2) is 4.79 Å². The second-order valence-electron chi connectivity index (χ2n) is 5.77. The maximum Gasteiger partial charge on any atom is 0.338 e. The first-order chi connectivity index (χ1) is 12.1. The van der Waals surface area contributed by atoms with Gasteiger partial charge in [0.25, 0.3) is 5.91 Å². The average Bonchev–Trinajstić information content (AvgIpc) is 3.35. The van der Waals surface area contributed by atoms with Crippen molar-refractivity contribution in [1.82, 2.24) is 5.32 Å². The van der Waals surface area contributed by atoms with Gasteiger partial charge in [0.1, 0.15) is 0 Å². The molecule has 2 aromatic rings. The van der Waals surface area contributed by atoms with E-state index < -0.39 is 5.97 Å². The molecule has 1 heterocycles. The van der Waals surface area contributed by atoms with Gasteiger partial charge < -0.3 is 15.4 Å². The lowest BCUT2D eigenvalue weighted by atomic mass is 10.2. The molecule has 0 aliphatic heterocycles. The monoisotopic (exact) mass is 358 g/mol. The lowest BCUT2D eigenvalue weighted by Gasteiger charge is -2.07. The zero-order valence-electron chi connectivity index (χ0n) is 13.5. The number of anilines is 1. The Morgan fingerprint density at radius 2 is 1.88 bits per heavy atom. The van der Waals surface area contributed by atoms with Crippen LogP contribution in [-0.4, -0.2) is 24.4 Å². The van der Waals surface area contributed by atoms with Crippen LogP contribution in [0.5, 0.6) is 0 Å². The van der Waals surface area contributed by atoms with Crippen molar-refractivity contribution in [3.8, 4) is 0 Å². The zero-order valence-corrected chi connectivity index (χ0v) is 14.3. The first kappa shape index (κ1) is 17.2. The predicted octanol–water partition coefficient (Wildman–Crippen LogP) is 2.57. The van der Waals surface area contributed by atoms with Crippen LogP contribution in [0.2, 0.25) is 0 Å². The zero-order chi connectivity index (χ0) is 17.6. The molecule has 1 saturated carbocycles. The van der Waals surface area contributed by atoms with Crippen LogP contribution < -0.4 is 10.6 Å². The smallest absolute Gasteiger partial charge is 0.338 e. The van der Waals surface area contributed by atoms with Gasteiger partial charge in [-0.3, -0.25) is 9.59 Å². The van der Waals surface area contributed by atoms with Crippen LogP contribution in [0.1, 0.15) is 28.1 Å². The van der Waals surface area contributed by atoms with E-state index in [1.165, 1.54) is 0 Å². The fourth-order valence-electron chi connectivity index (χ4n) is 2.14. The second-order valence-corrected chi connectivity index (χ2v) is 6.81. The first-order valence-corrected chi connectivity index (χ1v) is 8.87. The van der Waals surface area contributed by atoms with Gasteiger partial charge >= 0.3 is 5.97 Å². The van der Waals surface area contributed by atoms with E-state index in [2.05, 4.69) is 10.6 Å². The highest BCUT2D eigenvalue weighted by Gasteiger charge is 2.29. The molecule has 1 aromatic heterocycles.